The van der Waals surface area contributed by atoms with Crippen molar-refractivity contribution < 1.29 is 0 Å². The lowest BCUT2D eigenvalue weighted by Crippen LogP contribution is -2.16. The second-order valence-electron chi connectivity index (χ2n) is 6.51. The number of hydrogen-bond donors (Lipinski definition) is 0. The number of fused-ring (bicyclic) bond motifs is 1. The van der Waals surface area contributed by atoms with Crippen LogP contribution in [0.15, 0.2) is 30.3 Å². The van der Waals surface area contributed by atoms with Crippen LogP contribution in [0.4, 0.5) is 0 Å². The van der Waals surface area contributed by atoms with Gasteiger partial charge in [0.15, 0.2) is 11.6 Å². The topological polar surface area (TPSA) is 74.3 Å². The first-order chi connectivity index (χ1) is 12.3. The van der Waals surface area contributed by atoms with Gasteiger partial charge < -0.3 is 0 Å². The van der Waals surface area contributed by atoms with Crippen LogP contribution in [-0.4, -0.2) is 35.0 Å². The third-order valence-electron chi connectivity index (χ3n) is 4.81. The van der Waals surface area contributed by atoms with Gasteiger partial charge in [-0.3, -0.25) is 0 Å². The van der Waals surface area contributed by atoms with E-state index in [1.54, 1.807) is 0 Å². The van der Waals surface area contributed by atoms with Crippen LogP contribution in [0.3, 0.4) is 0 Å². The first-order valence-corrected chi connectivity index (χ1v) is 9.08. The summed E-state index contributed by atoms with van der Waals surface area (Å²) in [6, 6.07) is 10.5. The van der Waals surface area contributed by atoms with Gasteiger partial charge in [-0.15, -0.1) is 5.10 Å². The van der Waals surface area contributed by atoms with Crippen LogP contribution in [-0.2, 0) is 25.9 Å². The van der Waals surface area contributed by atoms with Crippen LogP contribution in [0.1, 0.15) is 55.1 Å². The van der Waals surface area contributed by atoms with E-state index in [2.05, 4.69) is 51.4 Å². The molecular formula is C18H23N7. The zero-order valence-electron chi connectivity index (χ0n) is 14.5. The highest BCUT2D eigenvalue weighted by atomic mass is 15.5. The Balaban J connectivity index is 1.64. The van der Waals surface area contributed by atoms with Crippen molar-refractivity contribution in [3.05, 3.63) is 53.4 Å². The van der Waals surface area contributed by atoms with Crippen molar-refractivity contribution in [1.82, 2.24) is 35.0 Å². The van der Waals surface area contributed by atoms with Crippen molar-refractivity contribution in [3.63, 3.8) is 0 Å². The van der Waals surface area contributed by atoms with Crippen LogP contribution >= 0.6 is 0 Å². The minimum atomic E-state index is 0.126. The Morgan fingerprint density at radius 2 is 2.00 bits per heavy atom. The molecule has 25 heavy (non-hydrogen) atoms. The fraction of sp³-hybridized carbons (Fsp3) is 0.500. The molecule has 0 fully saturated rings. The molecule has 3 heterocycles. The second kappa shape index (κ2) is 7.13. The molecule has 130 valence electrons. The third-order valence-corrected chi connectivity index (χ3v) is 4.81. The highest BCUT2D eigenvalue weighted by Gasteiger charge is 2.28. The summed E-state index contributed by atoms with van der Waals surface area (Å²) in [6.07, 6.45) is 5.05. The van der Waals surface area contributed by atoms with E-state index in [0.717, 1.165) is 62.7 Å². The normalized spacial score (nSPS) is 17.2. The van der Waals surface area contributed by atoms with E-state index in [9.17, 15) is 0 Å². The summed E-state index contributed by atoms with van der Waals surface area (Å²) in [5, 5.41) is 17.0. The lowest BCUT2D eigenvalue weighted by Gasteiger charge is -2.14. The van der Waals surface area contributed by atoms with Crippen molar-refractivity contribution in [2.75, 3.05) is 0 Å². The molecule has 0 spiro atoms. The summed E-state index contributed by atoms with van der Waals surface area (Å²) in [5.41, 5.74) is 1.31. The molecule has 0 saturated carbocycles. The smallest absolute Gasteiger partial charge is 0.161 e. The van der Waals surface area contributed by atoms with Crippen molar-refractivity contribution >= 4 is 0 Å². The Hall–Kier alpha value is -2.57. The summed E-state index contributed by atoms with van der Waals surface area (Å²) in [6.45, 7) is 3.81. The first kappa shape index (κ1) is 15.9. The number of nitrogens with zero attached hydrogens (tertiary/aromatic N) is 7. The van der Waals surface area contributed by atoms with Gasteiger partial charge in [-0.05, 0) is 35.3 Å². The van der Waals surface area contributed by atoms with E-state index in [1.165, 1.54) is 5.56 Å². The summed E-state index contributed by atoms with van der Waals surface area (Å²) >= 11 is 0. The van der Waals surface area contributed by atoms with Crippen molar-refractivity contribution in [2.45, 2.75) is 58.0 Å². The summed E-state index contributed by atoms with van der Waals surface area (Å²) < 4.78 is 4.00. The van der Waals surface area contributed by atoms with E-state index in [4.69, 9.17) is 10.1 Å². The number of aromatic nitrogens is 7. The Morgan fingerprint density at radius 3 is 2.84 bits per heavy atom. The molecule has 1 aliphatic rings. The molecule has 4 rings (SSSR count). The van der Waals surface area contributed by atoms with E-state index < -0.39 is 0 Å². The number of rotatable bonds is 5. The number of tetrazole rings is 1. The van der Waals surface area contributed by atoms with E-state index >= 15 is 0 Å². The Kier molecular flexibility index (Phi) is 4.54. The predicted octanol–water partition coefficient (Wildman–Crippen LogP) is 2.39. The SMILES string of the molecule is CCc1nc(C2CCCCn3nnnc32)n(CCc2ccccc2)n1. The maximum Gasteiger partial charge on any atom is 0.161 e. The molecule has 1 unspecified atom stereocenters. The van der Waals surface area contributed by atoms with Gasteiger partial charge in [-0.1, -0.05) is 43.7 Å². The largest absolute Gasteiger partial charge is 0.249 e. The number of benzene rings is 1. The van der Waals surface area contributed by atoms with Gasteiger partial charge >= 0.3 is 0 Å². The molecule has 7 heteroatoms. The average molecular weight is 337 g/mol. The molecule has 7 nitrogen and oxygen atoms in total. The van der Waals surface area contributed by atoms with Crippen LogP contribution < -0.4 is 0 Å². The monoisotopic (exact) mass is 337 g/mol. The fourth-order valence-corrected chi connectivity index (χ4v) is 3.46. The van der Waals surface area contributed by atoms with E-state index in [1.807, 2.05) is 10.7 Å². The maximum atomic E-state index is 4.83. The first-order valence-electron chi connectivity index (χ1n) is 9.08. The molecule has 0 aliphatic carbocycles. The molecule has 0 bridgehead atoms. The zero-order chi connectivity index (χ0) is 17.1. The van der Waals surface area contributed by atoms with Gasteiger partial charge in [0.1, 0.15) is 5.82 Å². The second-order valence-corrected chi connectivity index (χ2v) is 6.51. The Bertz CT molecular complexity index is 821. The van der Waals surface area contributed by atoms with Crippen LogP contribution in [0.25, 0.3) is 0 Å². The minimum Gasteiger partial charge on any atom is -0.249 e. The van der Waals surface area contributed by atoms with E-state index in [0.29, 0.717) is 0 Å². The van der Waals surface area contributed by atoms with Crippen LogP contribution in [0.5, 0.6) is 0 Å². The molecule has 2 aromatic heterocycles. The molecule has 0 radical (unpaired) electrons. The van der Waals surface area contributed by atoms with Crippen LogP contribution in [0.2, 0.25) is 0 Å². The minimum absolute atomic E-state index is 0.126. The summed E-state index contributed by atoms with van der Waals surface area (Å²) in [7, 11) is 0. The van der Waals surface area contributed by atoms with Crippen molar-refractivity contribution in [3.8, 4) is 0 Å². The molecule has 1 atom stereocenters. The van der Waals surface area contributed by atoms with Crippen molar-refractivity contribution in [1.29, 1.82) is 0 Å². The quantitative estimate of drug-likeness (QED) is 0.714. The predicted molar refractivity (Wildman–Crippen MR) is 93.1 cm³/mol. The van der Waals surface area contributed by atoms with Gasteiger partial charge in [0.05, 0.1) is 5.92 Å². The van der Waals surface area contributed by atoms with Crippen LogP contribution in [0, 0.1) is 0 Å². The van der Waals surface area contributed by atoms with Crippen molar-refractivity contribution in [2.24, 2.45) is 0 Å². The standard InChI is InChI=1S/C18H23N7/c1-2-16-19-17(15-10-6-7-12-25-18(15)20-22-23-25)24(21-16)13-11-14-8-4-3-5-9-14/h3-5,8-9,15H,2,6-7,10-13H2,1H3. The molecule has 0 N–H and O–H groups in total. The molecule has 0 saturated heterocycles. The fourth-order valence-electron chi connectivity index (χ4n) is 3.46. The summed E-state index contributed by atoms with van der Waals surface area (Å²) in [4.78, 5) is 4.83. The zero-order valence-corrected chi connectivity index (χ0v) is 14.5. The lowest BCUT2D eigenvalue weighted by molar-refractivity contribution is 0.527. The maximum absolute atomic E-state index is 4.83. The van der Waals surface area contributed by atoms with E-state index in [-0.39, 0.29) is 5.92 Å². The third kappa shape index (κ3) is 3.31. The highest BCUT2D eigenvalue weighted by Crippen LogP contribution is 2.29. The molecule has 1 aliphatic heterocycles. The highest BCUT2D eigenvalue weighted by molar-refractivity contribution is 5.16. The molecule has 1 aromatic carbocycles. The molecular weight excluding hydrogens is 314 g/mol. The number of hydrogen-bond acceptors (Lipinski definition) is 5. The Labute approximate surface area is 147 Å². The molecule has 0 amide bonds. The van der Waals surface area contributed by atoms with Gasteiger partial charge in [0, 0.05) is 19.5 Å². The number of aryl methyl sites for hydroxylation is 4. The van der Waals surface area contributed by atoms with Gasteiger partial charge in [0.25, 0.3) is 0 Å². The molecule has 3 aromatic rings. The summed E-state index contributed by atoms with van der Waals surface area (Å²) in [5.74, 6) is 2.95. The Morgan fingerprint density at radius 1 is 1.12 bits per heavy atom. The van der Waals surface area contributed by atoms with Gasteiger partial charge in [0.2, 0.25) is 0 Å². The average Bonchev–Trinajstić information content (AvgIpc) is 3.24. The van der Waals surface area contributed by atoms with Gasteiger partial charge in [-0.25, -0.2) is 14.3 Å². The lowest BCUT2D eigenvalue weighted by atomic mass is 10.0. The van der Waals surface area contributed by atoms with Gasteiger partial charge in [-0.2, -0.15) is 5.10 Å².